The van der Waals surface area contributed by atoms with Gasteiger partial charge in [-0.05, 0) is 37.3 Å². The molecule has 4 rings (SSSR count). The summed E-state index contributed by atoms with van der Waals surface area (Å²) in [5.74, 6) is -0.288. The molecule has 0 fully saturated rings. The molecule has 0 bridgehead atoms. The molecule has 0 saturated carbocycles. The van der Waals surface area contributed by atoms with Crippen LogP contribution < -0.4 is 4.80 Å². The zero-order valence-corrected chi connectivity index (χ0v) is 15.2. The van der Waals surface area contributed by atoms with E-state index in [1.807, 2.05) is 54.9 Å². The van der Waals surface area contributed by atoms with Gasteiger partial charge in [-0.1, -0.05) is 41.1 Å². The van der Waals surface area contributed by atoms with Gasteiger partial charge in [-0.25, -0.2) is 0 Å². The highest BCUT2D eigenvalue weighted by Crippen LogP contribution is 2.24. The molecule has 0 aliphatic rings. The molecule has 4 nitrogen and oxygen atoms in total. The highest BCUT2D eigenvalue weighted by molar-refractivity contribution is 7.16. The number of thiazole rings is 1. The van der Waals surface area contributed by atoms with Gasteiger partial charge in [-0.2, -0.15) is 4.99 Å². The molecule has 2 heterocycles. The highest BCUT2D eigenvalue weighted by atomic mass is 35.5. The standard InChI is InChI=1S/C19H14ClN3OS/c1-11-6-7-12-8-9-13(10-15(12)21-11)18(24)22-19-23(2)17-14(20)4-3-5-16(17)25-19/h3-10H,1-2H3. The van der Waals surface area contributed by atoms with Crippen LogP contribution in [-0.4, -0.2) is 15.5 Å². The number of para-hydroxylation sites is 1. The Balaban J connectivity index is 1.83. The zero-order valence-electron chi connectivity index (χ0n) is 13.7. The van der Waals surface area contributed by atoms with Crippen molar-refractivity contribution in [3.8, 4) is 0 Å². The normalized spacial score (nSPS) is 12.2. The van der Waals surface area contributed by atoms with Crippen LogP contribution in [0.2, 0.25) is 5.02 Å². The molecule has 0 spiro atoms. The number of pyridine rings is 1. The van der Waals surface area contributed by atoms with Crippen LogP contribution in [0.25, 0.3) is 21.1 Å². The van der Waals surface area contributed by atoms with Crippen molar-refractivity contribution in [2.24, 2.45) is 12.0 Å². The van der Waals surface area contributed by atoms with Crippen LogP contribution in [0.4, 0.5) is 0 Å². The Kier molecular flexibility index (Phi) is 3.90. The maximum absolute atomic E-state index is 12.6. The minimum absolute atomic E-state index is 0.288. The lowest BCUT2D eigenvalue weighted by Crippen LogP contribution is -2.13. The molecule has 0 unspecified atom stereocenters. The number of halogens is 1. The Bertz CT molecular complexity index is 1210. The van der Waals surface area contributed by atoms with Gasteiger partial charge in [0.1, 0.15) is 0 Å². The smallest absolute Gasteiger partial charge is 0.279 e. The monoisotopic (exact) mass is 367 g/mol. The second-order valence-electron chi connectivity index (χ2n) is 5.81. The van der Waals surface area contributed by atoms with Gasteiger partial charge in [0.15, 0.2) is 4.80 Å². The molecule has 0 atom stereocenters. The molecule has 0 saturated heterocycles. The van der Waals surface area contributed by atoms with Gasteiger partial charge < -0.3 is 4.57 Å². The van der Waals surface area contributed by atoms with Gasteiger partial charge >= 0.3 is 0 Å². The molecule has 6 heteroatoms. The molecule has 2 aromatic carbocycles. The maximum atomic E-state index is 12.6. The first kappa shape index (κ1) is 16.0. The fourth-order valence-electron chi connectivity index (χ4n) is 2.77. The molecule has 25 heavy (non-hydrogen) atoms. The third-order valence-corrected chi connectivity index (χ3v) is 5.45. The van der Waals surface area contributed by atoms with Gasteiger partial charge in [-0.15, -0.1) is 0 Å². The number of hydrogen-bond donors (Lipinski definition) is 0. The Morgan fingerprint density at radius 1 is 1.20 bits per heavy atom. The third kappa shape index (κ3) is 2.86. The van der Waals surface area contributed by atoms with Gasteiger partial charge in [0.25, 0.3) is 5.91 Å². The summed E-state index contributed by atoms with van der Waals surface area (Å²) in [5, 5.41) is 1.65. The summed E-state index contributed by atoms with van der Waals surface area (Å²) in [6, 6.07) is 15.1. The van der Waals surface area contributed by atoms with Crippen LogP contribution in [0.3, 0.4) is 0 Å². The first-order valence-electron chi connectivity index (χ1n) is 7.73. The van der Waals surface area contributed by atoms with E-state index in [-0.39, 0.29) is 5.91 Å². The lowest BCUT2D eigenvalue weighted by atomic mass is 10.1. The largest absolute Gasteiger partial charge is 0.318 e. The summed E-state index contributed by atoms with van der Waals surface area (Å²) in [5.41, 5.74) is 3.12. The van der Waals surface area contributed by atoms with Gasteiger partial charge in [0.05, 0.1) is 20.8 Å². The predicted octanol–water partition coefficient (Wildman–Crippen LogP) is 4.49. The van der Waals surface area contributed by atoms with Crippen molar-refractivity contribution in [3.63, 3.8) is 0 Å². The molecule has 124 valence electrons. The number of rotatable bonds is 1. The second-order valence-corrected chi connectivity index (χ2v) is 7.22. The number of carbonyl (C=O) groups excluding carboxylic acids is 1. The van der Waals surface area contributed by atoms with Crippen LogP contribution in [0, 0.1) is 6.92 Å². The van der Waals surface area contributed by atoms with E-state index in [0.29, 0.717) is 15.4 Å². The molecule has 1 amide bonds. The summed E-state index contributed by atoms with van der Waals surface area (Å²) >= 11 is 7.70. The number of aromatic nitrogens is 2. The van der Waals surface area contributed by atoms with Crippen LogP contribution in [-0.2, 0) is 7.05 Å². The Labute approximate surface area is 153 Å². The van der Waals surface area contributed by atoms with Crippen molar-refractivity contribution >= 4 is 50.0 Å². The topological polar surface area (TPSA) is 47.2 Å². The molecule has 4 aromatic rings. The van der Waals surface area contributed by atoms with E-state index in [2.05, 4.69) is 9.98 Å². The molecular formula is C19H14ClN3OS. The minimum atomic E-state index is -0.288. The average Bonchev–Trinajstić information content (AvgIpc) is 2.91. The number of aryl methyl sites for hydroxylation is 2. The predicted molar refractivity (Wildman–Crippen MR) is 102 cm³/mol. The Morgan fingerprint density at radius 2 is 2.00 bits per heavy atom. The van der Waals surface area contributed by atoms with E-state index >= 15 is 0 Å². The summed E-state index contributed by atoms with van der Waals surface area (Å²) in [6.45, 7) is 1.93. The number of benzene rings is 2. The molecule has 0 radical (unpaired) electrons. The minimum Gasteiger partial charge on any atom is -0.318 e. The molecule has 0 N–H and O–H groups in total. The van der Waals surface area contributed by atoms with Gasteiger partial charge in [-0.3, -0.25) is 9.78 Å². The molecular weight excluding hydrogens is 354 g/mol. The van der Waals surface area contributed by atoms with Crippen molar-refractivity contribution in [2.45, 2.75) is 6.92 Å². The van der Waals surface area contributed by atoms with Crippen molar-refractivity contribution in [2.75, 3.05) is 0 Å². The lowest BCUT2D eigenvalue weighted by molar-refractivity contribution is 0.0998. The van der Waals surface area contributed by atoms with E-state index < -0.39 is 0 Å². The number of hydrogen-bond acceptors (Lipinski definition) is 3. The zero-order chi connectivity index (χ0) is 17.6. The first-order chi connectivity index (χ1) is 12.0. The van der Waals surface area contributed by atoms with E-state index in [4.69, 9.17) is 11.6 Å². The van der Waals surface area contributed by atoms with Crippen molar-refractivity contribution < 1.29 is 4.79 Å². The molecule has 0 aliphatic carbocycles. The highest BCUT2D eigenvalue weighted by Gasteiger charge is 2.10. The van der Waals surface area contributed by atoms with E-state index in [0.717, 1.165) is 26.8 Å². The summed E-state index contributed by atoms with van der Waals surface area (Å²) in [4.78, 5) is 22.0. The lowest BCUT2D eigenvalue weighted by Gasteiger charge is -2.01. The second kappa shape index (κ2) is 6.10. The van der Waals surface area contributed by atoms with E-state index in [1.165, 1.54) is 11.3 Å². The Hall–Kier alpha value is -2.50. The van der Waals surface area contributed by atoms with E-state index in [1.54, 1.807) is 12.1 Å². The summed E-state index contributed by atoms with van der Waals surface area (Å²) in [6.07, 6.45) is 0. The first-order valence-corrected chi connectivity index (χ1v) is 8.93. The van der Waals surface area contributed by atoms with Crippen LogP contribution in [0.5, 0.6) is 0 Å². The van der Waals surface area contributed by atoms with Crippen LogP contribution in [0.1, 0.15) is 16.1 Å². The van der Waals surface area contributed by atoms with Crippen molar-refractivity contribution in [1.29, 1.82) is 0 Å². The van der Waals surface area contributed by atoms with Gasteiger partial charge in [0, 0.05) is 23.7 Å². The summed E-state index contributed by atoms with van der Waals surface area (Å²) in [7, 11) is 1.86. The number of carbonyl (C=O) groups is 1. The number of amides is 1. The maximum Gasteiger partial charge on any atom is 0.279 e. The fraction of sp³-hybridized carbons (Fsp3) is 0.105. The molecule has 2 aromatic heterocycles. The molecule has 0 aliphatic heterocycles. The number of nitrogens with zero attached hydrogens (tertiary/aromatic N) is 3. The SMILES string of the molecule is Cc1ccc2ccc(C(=O)N=c3sc4cccc(Cl)c4n3C)cc2n1. The number of fused-ring (bicyclic) bond motifs is 2. The summed E-state index contributed by atoms with van der Waals surface area (Å²) < 4.78 is 2.85. The van der Waals surface area contributed by atoms with Gasteiger partial charge in [0.2, 0.25) is 0 Å². The fourth-order valence-corrected chi connectivity index (χ4v) is 4.17. The van der Waals surface area contributed by atoms with Crippen molar-refractivity contribution in [3.05, 3.63) is 69.6 Å². The average molecular weight is 368 g/mol. The van der Waals surface area contributed by atoms with E-state index in [9.17, 15) is 4.79 Å². The van der Waals surface area contributed by atoms with Crippen LogP contribution >= 0.6 is 22.9 Å². The Morgan fingerprint density at radius 3 is 2.80 bits per heavy atom. The van der Waals surface area contributed by atoms with Crippen molar-refractivity contribution in [1.82, 2.24) is 9.55 Å². The van der Waals surface area contributed by atoms with Crippen LogP contribution in [0.15, 0.2) is 53.5 Å². The third-order valence-electron chi connectivity index (χ3n) is 4.05. The quantitative estimate of drug-likeness (QED) is 0.497.